The highest BCUT2D eigenvalue weighted by molar-refractivity contribution is 7.15. The molecule has 0 aliphatic carbocycles. The van der Waals surface area contributed by atoms with Crippen LogP contribution < -0.4 is 4.90 Å². The van der Waals surface area contributed by atoms with E-state index in [1.807, 2.05) is 67.2 Å². The number of hydrogen-bond donors (Lipinski definition) is 0. The summed E-state index contributed by atoms with van der Waals surface area (Å²) in [5.41, 5.74) is 2.66. The molecule has 0 bridgehead atoms. The van der Waals surface area contributed by atoms with E-state index in [1.54, 1.807) is 11.9 Å². The Hall–Kier alpha value is -2.40. The van der Waals surface area contributed by atoms with E-state index in [-0.39, 0.29) is 5.91 Å². The van der Waals surface area contributed by atoms with Gasteiger partial charge in [0.05, 0.1) is 5.69 Å². The number of thiazole rings is 1. The molecule has 4 nitrogen and oxygen atoms in total. The number of aryl methyl sites for hydroxylation is 2. The molecule has 0 spiro atoms. The maximum atomic E-state index is 12.5. The van der Waals surface area contributed by atoms with Crippen LogP contribution in [0.25, 0.3) is 5.69 Å². The molecule has 1 aromatic carbocycles. The molecule has 22 heavy (non-hydrogen) atoms. The van der Waals surface area contributed by atoms with Crippen LogP contribution in [-0.2, 0) is 0 Å². The first-order chi connectivity index (χ1) is 10.6. The topological polar surface area (TPSA) is 38.1 Å². The average Bonchev–Trinajstić information content (AvgIpc) is 3.17. The van der Waals surface area contributed by atoms with Gasteiger partial charge in [-0.3, -0.25) is 9.69 Å². The van der Waals surface area contributed by atoms with E-state index in [0.717, 1.165) is 21.4 Å². The molecule has 3 rings (SSSR count). The molecule has 0 aliphatic heterocycles. The smallest absolute Gasteiger partial charge is 0.259 e. The molecule has 112 valence electrons. The maximum Gasteiger partial charge on any atom is 0.259 e. The lowest BCUT2D eigenvalue weighted by molar-refractivity contribution is 0.0993. The van der Waals surface area contributed by atoms with Crippen molar-refractivity contribution < 1.29 is 4.79 Å². The number of carbonyl (C=O) groups is 1. The zero-order chi connectivity index (χ0) is 15.7. The second-order valence-electron chi connectivity index (χ2n) is 5.14. The normalized spacial score (nSPS) is 10.7. The Morgan fingerprint density at radius 3 is 2.32 bits per heavy atom. The lowest BCUT2D eigenvalue weighted by atomic mass is 10.2. The third-order valence-corrected chi connectivity index (χ3v) is 4.77. The largest absolute Gasteiger partial charge is 0.324 e. The Kier molecular flexibility index (Phi) is 3.81. The monoisotopic (exact) mass is 311 g/mol. The highest BCUT2D eigenvalue weighted by Crippen LogP contribution is 2.25. The van der Waals surface area contributed by atoms with Gasteiger partial charge in [0.25, 0.3) is 5.91 Å². The van der Waals surface area contributed by atoms with Crippen LogP contribution in [0.5, 0.6) is 0 Å². The summed E-state index contributed by atoms with van der Waals surface area (Å²) in [6.45, 7) is 3.97. The molecule has 0 radical (unpaired) electrons. The summed E-state index contributed by atoms with van der Waals surface area (Å²) in [7, 11) is 1.76. The first-order valence-corrected chi connectivity index (χ1v) is 7.83. The van der Waals surface area contributed by atoms with E-state index < -0.39 is 0 Å². The minimum Gasteiger partial charge on any atom is -0.324 e. The van der Waals surface area contributed by atoms with Gasteiger partial charge in [0.15, 0.2) is 5.13 Å². The third kappa shape index (κ3) is 2.67. The zero-order valence-electron chi connectivity index (χ0n) is 12.8. The van der Waals surface area contributed by atoms with Crippen molar-refractivity contribution in [1.82, 2.24) is 9.55 Å². The van der Waals surface area contributed by atoms with Crippen LogP contribution in [0, 0.1) is 13.8 Å². The van der Waals surface area contributed by atoms with Crippen LogP contribution in [0.3, 0.4) is 0 Å². The van der Waals surface area contributed by atoms with Gasteiger partial charge >= 0.3 is 0 Å². The van der Waals surface area contributed by atoms with Crippen molar-refractivity contribution in [3.63, 3.8) is 0 Å². The van der Waals surface area contributed by atoms with Crippen molar-refractivity contribution in [1.29, 1.82) is 0 Å². The van der Waals surface area contributed by atoms with E-state index in [0.29, 0.717) is 5.56 Å². The number of nitrogens with zero attached hydrogens (tertiary/aromatic N) is 3. The molecule has 0 atom stereocenters. The number of aromatic nitrogens is 2. The Morgan fingerprint density at radius 2 is 1.77 bits per heavy atom. The first kappa shape index (κ1) is 14.5. The Labute approximate surface area is 133 Å². The second-order valence-corrected chi connectivity index (χ2v) is 6.32. The highest BCUT2D eigenvalue weighted by Gasteiger charge is 2.17. The van der Waals surface area contributed by atoms with Gasteiger partial charge in [-0.05, 0) is 50.2 Å². The molecule has 0 unspecified atom stereocenters. The van der Waals surface area contributed by atoms with Crippen molar-refractivity contribution >= 4 is 22.4 Å². The molecule has 2 heterocycles. The molecular weight excluding hydrogens is 294 g/mol. The minimum atomic E-state index is -0.0483. The Balaban J connectivity index is 1.82. The van der Waals surface area contributed by atoms with Gasteiger partial charge in [0.2, 0.25) is 0 Å². The molecule has 1 amide bonds. The van der Waals surface area contributed by atoms with Crippen molar-refractivity contribution in [2.75, 3.05) is 11.9 Å². The van der Waals surface area contributed by atoms with Crippen LogP contribution >= 0.6 is 11.3 Å². The quantitative estimate of drug-likeness (QED) is 0.737. The summed E-state index contributed by atoms with van der Waals surface area (Å²) in [6.07, 6.45) is 3.95. The van der Waals surface area contributed by atoms with Gasteiger partial charge in [0, 0.05) is 35.6 Å². The fourth-order valence-electron chi connectivity index (χ4n) is 2.16. The summed E-state index contributed by atoms with van der Waals surface area (Å²) < 4.78 is 2.01. The number of rotatable bonds is 3. The highest BCUT2D eigenvalue weighted by atomic mass is 32.1. The molecule has 0 aliphatic rings. The van der Waals surface area contributed by atoms with Gasteiger partial charge in [-0.2, -0.15) is 0 Å². The van der Waals surface area contributed by atoms with Crippen LogP contribution in [0.15, 0.2) is 48.8 Å². The zero-order valence-corrected chi connectivity index (χ0v) is 13.6. The van der Waals surface area contributed by atoms with Gasteiger partial charge in [-0.25, -0.2) is 4.98 Å². The summed E-state index contributed by atoms with van der Waals surface area (Å²) >= 11 is 1.54. The van der Waals surface area contributed by atoms with Gasteiger partial charge in [-0.15, -0.1) is 11.3 Å². The third-order valence-electron chi connectivity index (χ3n) is 3.63. The SMILES string of the molecule is Cc1nc(N(C)C(=O)c2ccc(-n3cccc3)cc2)sc1C. The maximum absolute atomic E-state index is 12.5. The first-order valence-electron chi connectivity index (χ1n) is 7.02. The van der Waals surface area contributed by atoms with E-state index in [2.05, 4.69) is 4.98 Å². The van der Waals surface area contributed by atoms with Crippen molar-refractivity contribution in [2.24, 2.45) is 0 Å². The van der Waals surface area contributed by atoms with Crippen molar-refractivity contribution in [2.45, 2.75) is 13.8 Å². The van der Waals surface area contributed by atoms with Gasteiger partial charge in [0.1, 0.15) is 0 Å². The number of benzene rings is 1. The van der Waals surface area contributed by atoms with E-state index in [1.165, 1.54) is 11.3 Å². The number of amides is 1. The van der Waals surface area contributed by atoms with E-state index in [9.17, 15) is 4.79 Å². The summed E-state index contributed by atoms with van der Waals surface area (Å²) in [5.74, 6) is -0.0483. The lowest BCUT2D eigenvalue weighted by Crippen LogP contribution is -2.26. The molecule has 0 fully saturated rings. The standard InChI is InChI=1S/C17H17N3OS/c1-12-13(2)22-17(18-12)19(3)16(21)14-6-8-15(9-7-14)20-10-4-5-11-20/h4-11H,1-3H3. The summed E-state index contributed by atoms with van der Waals surface area (Å²) in [6, 6.07) is 11.5. The predicted octanol–water partition coefficient (Wildman–Crippen LogP) is 3.83. The fraction of sp³-hybridized carbons (Fsp3) is 0.176. The Morgan fingerprint density at radius 1 is 1.14 bits per heavy atom. The molecule has 0 saturated heterocycles. The number of anilines is 1. The summed E-state index contributed by atoms with van der Waals surface area (Å²) in [4.78, 5) is 19.7. The van der Waals surface area contributed by atoms with Crippen molar-refractivity contribution in [3.05, 3.63) is 64.9 Å². The molecule has 0 N–H and O–H groups in total. The number of hydrogen-bond acceptors (Lipinski definition) is 3. The van der Waals surface area contributed by atoms with Gasteiger partial charge < -0.3 is 4.57 Å². The van der Waals surface area contributed by atoms with Crippen LogP contribution in [-0.4, -0.2) is 22.5 Å². The second kappa shape index (κ2) is 5.77. The predicted molar refractivity (Wildman–Crippen MR) is 90.1 cm³/mol. The van der Waals surface area contributed by atoms with Crippen LogP contribution in [0.4, 0.5) is 5.13 Å². The molecular formula is C17H17N3OS. The molecule has 0 saturated carbocycles. The molecule has 2 aromatic heterocycles. The summed E-state index contributed by atoms with van der Waals surface area (Å²) in [5, 5.41) is 0.731. The van der Waals surface area contributed by atoms with E-state index in [4.69, 9.17) is 0 Å². The van der Waals surface area contributed by atoms with Crippen molar-refractivity contribution in [3.8, 4) is 5.69 Å². The van der Waals surface area contributed by atoms with Gasteiger partial charge in [-0.1, -0.05) is 0 Å². The lowest BCUT2D eigenvalue weighted by Gasteiger charge is -2.14. The average molecular weight is 311 g/mol. The molecule has 5 heteroatoms. The molecule has 3 aromatic rings. The van der Waals surface area contributed by atoms with E-state index >= 15 is 0 Å². The minimum absolute atomic E-state index is 0.0483. The van der Waals surface area contributed by atoms with Crippen LogP contribution in [0.1, 0.15) is 20.9 Å². The fourth-order valence-corrected chi connectivity index (χ4v) is 3.03. The Bertz CT molecular complexity index is 768. The number of carbonyl (C=O) groups excluding carboxylic acids is 1. The van der Waals surface area contributed by atoms with Crippen LogP contribution in [0.2, 0.25) is 0 Å².